The van der Waals surface area contributed by atoms with E-state index in [1.54, 1.807) is 24.3 Å². The van der Waals surface area contributed by atoms with Gasteiger partial charge in [0.2, 0.25) is 5.91 Å². The number of piperidine rings is 1. The van der Waals surface area contributed by atoms with Gasteiger partial charge in [0, 0.05) is 60.5 Å². The number of nitrogens with zero attached hydrogens (tertiary/aromatic N) is 3. The Hall–Kier alpha value is -5.06. The second-order valence-electron chi connectivity index (χ2n) is 15.5. The number of benzene rings is 3. The number of ether oxygens (including phenoxy) is 2. The number of aromatic nitrogens is 1. The van der Waals surface area contributed by atoms with Crippen molar-refractivity contribution in [3.05, 3.63) is 113 Å². The average molecular weight is 928 g/mol. The fraction of sp³-hybridized carbons (Fsp3) is 0.413. The van der Waals surface area contributed by atoms with Crippen LogP contribution in [0.1, 0.15) is 76.9 Å². The van der Waals surface area contributed by atoms with E-state index >= 15 is 0 Å². The van der Waals surface area contributed by atoms with Crippen LogP contribution in [0.2, 0.25) is 0 Å². The molecule has 1 saturated heterocycles. The summed E-state index contributed by atoms with van der Waals surface area (Å²) in [5.41, 5.74) is 3.29. The van der Waals surface area contributed by atoms with Crippen LogP contribution < -0.4 is 15.5 Å². The van der Waals surface area contributed by atoms with Gasteiger partial charge in [-0.1, -0.05) is 32.8 Å². The van der Waals surface area contributed by atoms with Crippen molar-refractivity contribution in [1.29, 1.82) is 0 Å². The quantitative estimate of drug-likeness (QED) is 0.0336. The molecule has 0 saturated carbocycles. The fourth-order valence-electron chi connectivity index (χ4n) is 6.66. The number of pyridine rings is 1. The maximum Gasteiger partial charge on any atom is 0.416 e. The summed E-state index contributed by atoms with van der Waals surface area (Å²) in [6, 6.07) is 21.0. The maximum absolute atomic E-state index is 13.2. The number of aliphatic hydroxyl groups excluding tert-OH is 1. The molecule has 1 aliphatic rings. The van der Waals surface area contributed by atoms with E-state index in [9.17, 15) is 32.3 Å². The third-order valence-corrected chi connectivity index (χ3v) is 10.8. The molecule has 4 N–H and O–H groups in total. The summed E-state index contributed by atoms with van der Waals surface area (Å²) in [7, 11) is 0.634. The first kappa shape index (κ1) is 51.6. The van der Waals surface area contributed by atoms with Crippen LogP contribution in [0.15, 0.2) is 85.1 Å². The van der Waals surface area contributed by atoms with Gasteiger partial charge in [-0.05, 0) is 105 Å². The number of carboxylic acids is 1. The number of thiol groups is 1. The zero-order valence-electron chi connectivity index (χ0n) is 36.2. The molecule has 1 atom stereocenters. The van der Waals surface area contributed by atoms with Gasteiger partial charge in [0.25, 0.3) is 11.8 Å². The minimum Gasteiger partial charge on any atom is -0.480 e. The molecule has 346 valence electrons. The third kappa shape index (κ3) is 16.8. The number of carboxylic acid groups (broad SMARTS) is 1. The Kier molecular flexibility index (Phi) is 20.5. The molecule has 64 heavy (non-hydrogen) atoms. The van der Waals surface area contributed by atoms with Gasteiger partial charge in [0.15, 0.2) is 0 Å². The van der Waals surface area contributed by atoms with E-state index in [1.165, 1.54) is 29.7 Å². The number of nitrogens with one attached hydrogen (secondary N) is 2. The number of halogens is 3. The molecule has 0 aliphatic carbocycles. The first-order valence-corrected chi connectivity index (χ1v) is 23.1. The van der Waals surface area contributed by atoms with Crippen molar-refractivity contribution in [1.82, 2.24) is 15.2 Å². The SMILES string of the molecule is CPCOC(C)(C)CC(=O)N(CCOCCO)CC(=O)O.O=C(NCc1cccc(C(F)(F)F)c1)c1ccnc(-c2cc(N3CCCCC3)ccc2NC(=O)c2cccc(CS)c2)c1. The van der Waals surface area contributed by atoms with Crippen LogP contribution in [-0.2, 0) is 37.5 Å². The molecule has 13 nitrogen and oxygen atoms in total. The van der Waals surface area contributed by atoms with Gasteiger partial charge < -0.3 is 40.1 Å². The lowest BCUT2D eigenvalue weighted by Crippen LogP contribution is -2.42. The van der Waals surface area contributed by atoms with Gasteiger partial charge in [-0.3, -0.25) is 24.2 Å². The van der Waals surface area contributed by atoms with Crippen LogP contribution in [0.5, 0.6) is 0 Å². The highest BCUT2D eigenvalue weighted by Gasteiger charge is 2.30. The second kappa shape index (κ2) is 25.4. The van der Waals surface area contributed by atoms with E-state index in [0.717, 1.165) is 49.3 Å². The van der Waals surface area contributed by atoms with Crippen molar-refractivity contribution < 1.29 is 52.0 Å². The van der Waals surface area contributed by atoms with Crippen LogP contribution in [0.4, 0.5) is 24.5 Å². The Morgan fingerprint density at radius 3 is 2.31 bits per heavy atom. The van der Waals surface area contributed by atoms with Crippen LogP contribution in [0, 0.1) is 0 Å². The first-order valence-electron chi connectivity index (χ1n) is 20.8. The minimum absolute atomic E-state index is 0.0719. The van der Waals surface area contributed by atoms with Gasteiger partial charge in [-0.2, -0.15) is 25.8 Å². The van der Waals surface area contributed by atoms with E-state index in [0.29, 0.717) is 54.3 Å². The molecule has 1 fully saturated rings. The molecular weight excluding hydrogens is 871 g/mol. The molecule has 0 spiro atoms. The van der Waals surface area contributed by atoms with Crippen molar-refractivity contribution in [2.24, 2.45) is 0 Å². The largest absolute Gasteiger partial charge is 0.480 e. The predicted octanol–water partition coefficient (Wildman–Crippen LogP) is 7.73. The summed E-state index contributed by atoms with van der Waals surface area (Å²) in [6.07, 6.45) is 1.10. The Labute approximate surface area is 379 Å². The molecule has 0 radical (unpaired) electrons. The summed E-state index contributed by atoms with van der Waals surface area (Å²) in [6.45, 7) is 7.47. The molecule has 1 unspecified atom stereocenters. The molecule has 1 aromatic heterocycles. The van der Waals surface area contributed by atoms with E-state index < -0.39 is 29.2 Å². The van der Waals surface area contributed by atoms with Gasteiger partial charge in [-0.15, -0.1) is 0 Å². The van der Waals surface area contributed by atoms with E-state index in [4.69, 9.17) is 19.7 Å². The molecular formula is C46H57F3N5O8PS. The highest BCUT2D eigenvalue weighted by atomic mass is 32.1. The van der Waals surface area contributed by atoms with Crippen molar-refractivity contribution in [3.8, 4) is 11.3 Å². The Morgan fingerprint density at radius 2 is 1.62 bits per heavy atom. The number of hydrogen-bond donors (Lipinski definition) is 5. The molecule has 2 heterocycles. The van der Waals surface area contributed by atoms with E-state index in [-0.39, 0.29) is 57.7 Å². The van der Waals surface area contributed by atoms with Crippen molar-refractivity contribution in [3.63, 3.8) is 0 Å². The number of carbonyl (C=O) groups excluding carboxylic acids is 3. The van der Waals surface area contributed by atoms with Crippen LogP contribution in [-0.4, -0.2) is 108 Å². The number of anilines is 2. The summed E-state index contributed by atoms with van der Waals surface area (Å²) >= 11 is 4.31. The van der Waals surface area contributed by atoms with Crippen LogP contribution in [0.3, 0.4) is 0 Å². The zero-order valence-corrected chi connectivity index (χ0v) is 38.1. The molecule has 5 rings (SSSR count). The molecule has 18 heteroatoms. The maximum atomic E-state index is 13.2. The third-order valence-electron chi connectivity index (χ3n) is 9.95. The fourth-order valence-corrected chi connectivity index (χ4v) is 7.39. The summed E-state index contributed by atoms with van der Waals surface area (Å²) in [5.74, 6) is -1.59. The van der Waals surface area contributed by atoms with E-state index in [1.807, 2.05) is 50.8 Å². The summed E-state index contributed by atoms with van der Waals surface area (Å²) < 4.78 is 50.0. The monoisotopic (exact) mass is 927 g/mol. The highest BCUT2D eigenvalue weighted by Crippen LogP contribution is 2.34. The van der Waals surface area contributed by atoms with Crippen molar-refractivity contribution >= 4 is 56.3 Å². The molecule has 0 bridgehead atoms. The molecule has 1 aliphatic heterocycles. The highest BCUT2D eigenvalue weighted by molar-refractivity contribution is 7.79. The van der Waals surface area contributed by atoms with Crippen molar-refractivity contribution in [2.75, 3.05) is 69.2 Å². The van der Waals surface area contributed by atoms with Crippen LogP contribution in [0.25, 0.3) is 11.3 Å². The standard InChI is InChI=1S/C33H31F3N4O2S.C13H26NO6P/c34-33(35,36)26-9-5-6-22(17-26)20-38-31(41)25-12-13-37-30(18-25)28-19-27(40-14-2-1-3-15-40)10-11-29(28)39-32(42)24-8-4-7-23(16-24)21-43;1-13(2,20-10-21-3)8-11(16)14(9-12(17)18)4-6-19-7-5-15/h4-13,16-19,43H,1-3,14-15,20-21H2,(H,38,41)(H,39,42);15,21H,4-10H2,1-3H3,(H,17,18). The van der Waals surface area contributed by atoms with Crippen LogP contribution >= 0.6 is 21.2 Å². The number of aliphatic carboxylic acids is 1. The van der Waals surface area contributed by atoms with Gasteiger partial charge >= 0.3 is 12.1 Å². The molecule has 4 aromatic rings. The first-order chi connectivity index (χ1) is 30.5. The Balaban J connectivity index is 0.000000362. The normalized spacial score (nSPS) is 13.0. The van der Waals surface area contributed by atoms with Gasteiger partial charge in [-0.25, -0.2) is 0 Å². The Bertz CT molecular complexity index is 2170. The average Bonchev–Trinajstić information content (AvgIpc) is 3.28. The molecule has 3 aromatic carbocycles. The number of aliphatic hydroxyl groups is 1. The van der Waals surface area contributed by atoms with Gasteiger partial charge in [0.05, 0.1) is 55.1 Å². The number of rotatable bonds is 20. The lowest BCUT2D eigenvalue weighted by atomic mass is 10.0. The Morgan fingerprint density at radius 1 is 0.906 bits per heavy atom. The lowest BCUT2D eigenvalue weighted by Gasteiger charge is -2.29. The lowest BCUT2D eigenvalue weighted by molar-refractivity contribution is -0.147. The smallest absolute Gasteiger partial charge is 0.416 e. The summed E-state index contributed by atoms with van der Waals surface area (Å²) in [4.78, 5) is 57.4. The minimum atomic E-state index is -4.47. The topological polar surface area (TPSA) is 171 Å². The second-order valence-corrected chi connectivity index (χ2v) is 16.8. The number of alkyl halides is 3. The number of carbonyl (C=O) groups is 4. The van der Waals surface area contributed by atoms with Crippen molar-refractivity contribution in [2.45, 2.75) is 63.6 Å². The molecule has 3 amide bonds. The summed E-state index contributed by atoms with van der Waals surface area (Å²) in [5, 5.41) is 23.2. The zero-order chi connectivity index (χ0) is 46.7. The number of amides is 3. The predicted molar refractivity (Wildman–Crippen MR) is 246 cm³/mol. The van der Waals surface area contributed by atoms with E-state index in [2.05, 4.69) is 33.1 Å². The number of hydrogen-bond acceptors (Lipinski definition) is 10. The van der Waals surface area contributed by atoms with Gasteiger partial charge in [0.1, 0.15) is 6.54 Å².